The van der Waals surface area contributed by atoms with Crippen molar-refractivity contribution in [3.63, 3.8) is 0 Å². The summed E-state index contributed by atoms with van der Waals surface area (Å²) < 4.78 is 15.4. The van der Waals surface area contributed by atoms with E-state index in [1.165, 1.54) is 12.1 Å². The number of piperidine rings is 1. The number of tetrazole rings is 1. The molecule has 0 amide bonds. The summed E-state index contributed by atoms with van der Waals surface area (Å²) in [6.45, 7) is 4.89. The Hall–Kier alpha value is -2.60. The number of hydrogen-bond acceptors (Lipinski definition) is 4. The Morgan fingerprint density at radius 1 is 1.04 bits per heavy atom. The predicted molar refractivity (Wildman–Crippen MR) is 102 cm³/mol. The van der Waals surface area contributed by atoms with Crippen LogP contribution in [0.15, 0.2) is 54.6 Å². The van der Waals surface area contributed by atoms with E-state index >= 15 is 0 Å². The summed E-state index contributed by atoms with van der Waals surface area (Å²) in [5.74, 6) is 1.31. The summed E-state index contributed by atoms with van der Waals surface area (Å²) in [6, 6.07) is 16.8. The molecule has 1 aliphatic heterocycles. The van der Waals surface area contributed by atoms with Gasteiger partial charge in [-0.15, -0.1) is 5.10 Å². The molecule has 4 rings (SSSR count). The molecule has 6 heteroatoms. The van der Waals surface area contributed by atoms with Gasteiger partial charge in [-0.05, 0) is 65.5 Å². The lowest BCUT2D eigenvalue weighted by Gasteiger charge is -2.36. The van der Waals surface area contributed by atoms with Gasteiger partial charge in [0.1, 0.15) is 5.82 Å². The Kier molecular flexibility index (Phi) is 5.25. The van der Waals surface area contributed by atoms with Crippen molar-refractivity contribution in [1.82, 2.24) is 25.1 Å². The van der Waals surface area contributed by atoms with Gasteiger partial charge >= 0.3 is 0 Å². The summed E-state index contributed by atoms with van der Waals surface area (Å²) >= 11 is 0. The molecule has 1 atom stereocenters. The molecule has 0 saturated carbocycles. The number of halogens is 1. The van der Waals surface area contributed by atoms with Crippen molar-refractivity contribution in [2.75, 3.05) is 13.1 Å². The third-order valence-corrected chi connectivity index (χ3v) is 5.35. The van der Waals surface area contributed by atoms with E-state index in [2.05, 4.69) is 39.5 Å². The van der Waals surface area contributed by atoms with Crippen LogP contribution >= 0.6 is 0 Å². The molecule has 3 aromatic rings. The van der Waals surface area contributed by atoms with Gasteiger partial charge in [0.25, 0.3) is 0 Å². The minimum atomic E-state index is -0.228. The van der Waals surface area contributed by atoms with Gasteiger partial charge in [-0.1, -0.05) is 49.4 Å². The average Bonchev–Trinajstić information content (AvgIpc) is 3.13. The lowest BCUT2D eigenvalue weighted by molar-refractivity contribution is 0.150. The van der Waals surface area contributed by atoms with Crippen LogP contribution in [0.1, 0.15) is 42.8 Å². The molecule has 1 unspecified atom stereocenters. The summed E-state index contributed by atoms with van der Waals surface area (Å²) in [4.78, 5) is 2.42. The van der Waals surface area contributed by atoms with Crippen molar-refractivity contribution in [2.45, 2.75) is 32.4 Å². The fourth-order valence-electron chi connectivity index (χ4n) is 3.73. The van der Waals surface area contributed by atoms with E-state index in [-0.39, 0.29) is 11.9 Å². The molecule has 1 saturated heterocycles. The van der Waals surface area contributed by atoms with Gasteiger partial charge in [0.05, 0.1) is 12.6 Å². The quantitative estimate of drug-likeness (QED) is 0.692. The first kappa shape index (κ1) is 17.8. The molecular formula is C21H24FN5. The van der Waals surface area contributed by atoms with E-state index in [4.69, 9.17) is 0 Å². The number of hydrogen-bond donors (Lipinski definition) is 0. The highest BCUT2D eigenvalue weighted by atomic mass is 19.1. The molecule has 0 N–H and O–H groups in total. The number of benzene rings is 2. The molecule has 140 valence electrons. The number of aromatic nitrogens is 4. The molecule has 5 nitrogen and oxygen atoms in total. The SMILES string of the molecule is CC1CCN(C(c2ccc(F)cc2)c2nnnn2Cc2ccccc2)CC1. The van der Waals surface area contributed by atoms with Crippen LogP contribution in [0, 0.1) is 11.7 Å². The summed E-state index contributed by atoms with van der Waals surface area (Å²) in [7, 11) is 0. The third kappa shape index (κ3) is 4.06. The standard InChI is InChI=1S/C21H24FN5/c1-16-11-13-26(14-12-16)20(18-7-9-19(22)10-8-18)21-23-24-25-27(21)15-17-5-3-2-4-6-17/h2-10,16,20H,11-15H2,1H3. The second-order valence-electron chi connectivity index (χ2n) is 7.35. The minimum absolute atomic E-state index is 0.0724. The van der Waals surface area contributed by atoms with Crippen LogP contribution in [0.2, 0.25) is 0 Å². The van der Waals surface area contributed by atoms with Crippen molar-refractivity contribution in [3.8, 4) is 0 Å². The first-order valence-electron chi connectivity index (χ1n) is 9.50. The molecule has 1 fully saturated rings. The Balaban J connectivity index is 1.69. The molecule has 1 aromatic heterocycles. The average molecular weight is 365 g/mol. The monoisotopic (exact) mass is 365 g/mol. The number of nitrogens with zero attached hydrogens (tertiary/aromatic N) is 5. The maximum atomic E-state index is 13.5. The predicted octanol–water partition coefficient (Wildman–Crippen LogP) is 3.68. The largest absolute Gasteiger partial charge is 0.290 e. The maximum Gasteiger partial charge on any atom is 0.173 e. The van der Waals surface area contributed by atoms with Gasteiger partial charge in [0.15, 0.2) is 5.82 Å². The number of likely N-dealkylation sites (tertiary alicyclic amines) is 1. The van der Waals surface area contributed by atoms with Gasteiger partial charge in [-0.25, -0.2) is 9.07 Å². The van der Waals surface area contributed by atoms with Gasteiger partial charge in [-0.3, -0.25) is 4.90 Å². The maximum absolute atomic E-state index is 13.5. The first-order chi connectivity index (χ1) is 13.2. The van der Waals surface area contributed by atoms with Gasteiger partial charge in [-0.2, -0.15) is 0 Å². The van der Waals surface area contributed by atoms with Crippen molar-refractivity contribution in [2.24, 2.45) is 5.92 Å². The number of rotatable bonds is 5. The highest BCUT2D eigenvalue weighted by molar-refractivity contribution is 5.26. The molecule has 2 heterocycles. The first-order valence-corrected chi connectivity index (χ1v) is 9.50. The Morgan fingerprint density at radius 2 is 1.74 bits per heavy atom. The van der Waals surface area contributed by atoms with Crippen LogP contribution in [0.4, 0.5) is 4.39 Å². The summed E-state index contributed by atoms with van der Waals surface area (Å²) in [5.41, 5.74) is 2.17. The smallest absolute Gasteiger partial charge is 0.173 e. The van der Waals surface area contributed by atoms with E-state index in [1.54, 1.807) is 0 Å². The zero-order valence-corrected chi connectivity index (χ0v) is 15.5. The zero-order chi connectivity index (χ0) is 18.6. The second kappa shape index (κ2) is 7.96. The highest BCUT2D eigenvalue weighted by Gasteiger charge is 2.30. The normalized spacial score (nSPS) is 17.1. The van der Waals surface area contributed by atoms with E-state index in [0.29, 0.717) is 6.54 Å². The van der Waals surface area contributed by atoms with Crippen molar-refractivity contribution >= 4 is 0 Å². The van der Waals surface area contributed by atoms with Gasteiger partial charge in [0.2, 0.25) is 0 Å². The topological polar surface area (TPSA) is 46.8 Å². The van der Waals surface area contributed by atoms with Crippen LogP contribution in [0.5, 0.6) is 0 Å². The van der Waals surface area contributed by atoms with E-state index in [9.17, 15) is 4.39 Å². The third-order valence-electron chi connectivity index (χ3n) is 5.35. The van der Waals surface area contributed by atoms with E-state index in [1.807, 2.05) is 35.0 Å². The Morgan fingerprint density at radius 3 is 2.44 bits per heavy atom. The van der Waals surface area contributed by atoms with E-state index in [0.717, 1.165) is 48.8 Å². The molecule has 2 aromatic carbocycles. The Labute approximate surface area is 158 Å². The van der Waals surface area contributed by atoms with Crippen LogP contribution in [0.3, 0.4) is 0 Å². The van der Waals surface area contributed by atoms with Gasteiger partial charge in [0, 0.05) is 0 Å². The summed E-state index contributed by atoms with van der Waals surface area (Å²) in [6.07, 6.45) is 2.30. The van der Waals surface area contributed by atoms with Crippen LogP contribution < -0.4 is 0 Å². The van der Waals surface area contributed by atoms with Crippen molar-refractivity contribution in [1.29, 1.82) is 0 Å². The second-order valence-corrected chi connectivity index (χ2v) is 7.35. The molecule has 0 spiro atoms. The zero-order valence-electron chi connectivity index (χ0n) is 15.5. The van der Waals surface area contributed by atoms with Crippen molar-refractivity contribution < 1.29 is 4.39 Å². The fraction of sp³-hybridized carbons (Fsp3) is 0.381. The van der Waals surface area contributed by atoms with Crippen molar-refractivity contribution in [3.05, 3.63) is 77.4 Å². The Bertz CT molecular complexity index is 854. The molecule has 0 radical (unpaired) electrons. The molecule has 0 bridgehead atoms. The van der Waals surface area contributed by atoms with Crippen LogP contribution in [0.25, 0.3) is 0 Å². The lowest BCUT2D eigenvalue weighted by Crippen LogP contribution is -2.38. The molecule has 1 aliphatic rings. The molecule has 0 aliphatic carbocycles. The minimum Gasteiger partial charge on any atom is -0.290 e. The van der Waals surface area contributed by atoms with Crippen LogP contribution in [-0.4, -0.2) is 38.2 Å². The fourth-order valence-corrected chi connectivity index (χ4v) is 3.73. The summed E-state index contributed by atoms with van der Waals surface area (Å²) in [5, 5.41) is 12.6. The van der Waals surface area contributed by atoms with Gasteiger partial charge < -0.3 is 0 Å². The molecular weight excluding hydrogens is 341 g/mol. The van der Waals surface area contributed by atoms with Crippen LogP contribution in [-0.2, 0) is 6.54 Å². The molecule has 27 heavy (non-hydrogen) atoms. The van der Waals surface area contributed by atoms with E-state index < -0.39 is 0 Å². The highest BCUT2D eigenvalue weighted by Crippen LogP contribution is 2.31. The lowest BCUT2D eigenvalue weighted by atomic mass is 9.95.